The van der Waals surface area contributed by atoms with Crippen molar-refractivity contribution in [2.45, 2.75) is 50.0 Å². The quantitative estimate of drug-likeness (QED) is 0.622. The Labute approximate surface area is 195 Å². The first-order chi connectivity index (χ1) is 16.0. The van der Waals surface area contributed by atoms with Crippen molar-refractivity contribution < 1.29 is 30.8 Å². The molecule has 0 aromatic heterocycles. The molecule has 2 aromatic rings. The molecule has 2 heterocycles. The number of amides is 1. The number of rotatable bonds is 6. The Morgan fingerprint density at radius 3 is 2.32 bits per heavy atom. The van der Waals surface area contributed by atoms with Gasteiger partial charge in [-0.3, -0.25) is 4.79 Å². The number of benzene rings is 2. The van der Waals surface area contributed by atoms with Gasteiger partial charge >= 0.3 is 0 Å². The van der Waals surface area contributed by atoms with Gasteiger partial charge in [0.05, 0.1) is 18.2 Å². The third-order valence-electron chi connectivity index (χ3n) is 7.14. The van der Waals surface area contributed by atoms with Crippen molar-refractivity contribution in [1.82, 2.24) is 9.62 Å². The first-order valence-electron chi connectivity index (χ1n) is 11.2. The summed E-state index contributed by atoms with van der Waals surface area (Å²) in [4.78, 5) is 14.7. The van der Waals surface area contributed by atoms with Gasteiger partial charge in [0.1, 0.15) is 23.6 Å². The second-order valence-corrected chi connectivity index (χ2v) is 11.4. The molecule has 6 rings (SSSR count). The zero-order valence-corrected chi connectivity index (χ0v) is 19.2. The SMILES string of the molecule is CS(=O)(=O)N[C@H]1C2CC(C2)N(C(=O)[C@H]2C[C@@H]2F)[C@H]1Cc1cccc(-c2cc(F)cc(F)c2)c1F. The first-order valence-corrected chi connectivity index (χ1v) is 13.1. The fourth-order valence-electron chi connectivity index (χ4n) is 5.40. The minimum atomic E-state index is -3.63. The summed E-state index contributed by atoms with van der Waals surface area (Å²) >= 11 is 0. The van der Waals surface area contributed by atoms with E-state index in [-0.39, 0.29) is 47.4 Å². The van der Waals surface area contributed by atoms with Gasteiger partial charge in [0.25, 0.3) is 0 Å². The summed E-state index contributed by atoms with van der Waals surface area (Å²) in [5, 5.41) is 0. The Bertz CT molecular complexity index is 1230. The Hall–Kier alpha value is -2.46. The highest BCUT2D eigenvalue weighted by Gasteiger charge is 2.57. The highest BCUT2D eigenvalue weighted by Crippen LogP contribution is 2.47. The maximum absolute atomic E-state index is 15.6. The van der Waals surface area contributed by atoms with Crippen LogP contribution < -0.4 is 4.72 Å². The summed E-state index contributed by atoms with van der Waals surface area (Å²) in [6.45, 7) is 0. The molecule has 182 valence electrons. The first kappa shape index (κ1) is 23.3. The number of halogens is 4. The molecule has 4 aliphatic rings. The predicted molar refractivity (Wildman–Crippen MR) is 117 cm³/mol. The van der Waals surface area contributed by atoms with Crippen molar-refractivity contribution >= 4 is 15.9 Å². The lowest BCUT2D eigenvalue weighted by Crippen LogP contribution is -2.70. The average molecular weight is 497 g/mol. The number of hydrogen-bond acceptors (Lipinski definition) is 3. The van der Waals surface area contributed by atoms with Gasteiger partial charge in [-0.2, -0.15) is 0 Å². The Morgan fingerprint density at radius 1 is 1.09 bits per heavy atom. The van der Waals surface area contributed by atoms with Gasteiger partial charge in [0.2, 0.25) is 15.9 Å². The fourth-order valence-corrected chi connectivity index (χ4v) is 6.25. The van der Waals surface area contributed by atoms with Crippen molar-refractivity contribution in [3.8, 4) is 11.1 Å². The standard InChI is InChI=1S/C24H24F4N2O3S/c1-34(32,33)29-23-14-7-17(8-14)30(24(31)19-11-20(19)27)21(23)9-12-3-2-4-18(22(12)28)13-5-15(25)10-16(26)6-13/h2-6,10,14,17,19-21,23,29H,7-9,11H2,1H3/t14?,17?,19-,20-,21-,23-/m0/s1. The molecule has 2 bridgehead atoms. The van der Waals surface area contributed by atoms with Crippen molar-refractivity contribution in [3.05, 3.63) is 59.4 Å². The normalized spacial score (nSPS) is 30.1. The van der Waals surface area contributed by atoms with E-state index in [1.165, 1.54) is 12.1 Å². The van der Waals surface area contributed by atoms with Crippen LogP contribution in [-0.4, -0.2) is 49.8 Å². The van der Waals surface area contributed by atoms with Crippen molar-refractivity contribution in [2.75, 3.05) is 6.26 Å². The maximum atomic E-state index is 15.6. The fraction of sp³-hybridized carbons (Fsp3) is 0.458. The molecule has 1 amide bonds. The number of carbonyl (C=O) groups excluding carboxylic acids is 1. The maximum Gasteiger partial charge on any atom is 0.229 e. The van der Waals surface area contributed by atoms with Gasteiger partial charge in [-0.1, -0.05) is 18.2 Å². The molecule has 5 nitrogen and oxygen atoms in total. The van der Waals surface area contributed by atoms with E-state index in [1.54, 1.807) is 11.0 Å². The smallest absolute Gasteiger partial charge is 0.229 e. The molecule has 4 atom stereocenters. The molecule has 2 aromatic carbocycles. The van der Waals surface area contributed by atoms with Crippen LogP contribution >= 0.6 is 0 Å². The molecule has 34 heavy (non-hydrogen) atoms. The minimum absolute atomic E-state index is 0.00613. The van der Waals surface area contributed by atoms with Gasteiger partial charge in [-0.25, -0.2) is 30.7 Å². The molecule has 10 heteroatoms. The Kier molecular flexibility index (Phi) is 5.71. The van der Waals surface area contributed by atoms with E-state index >= 15 is 4.39 Å². The van der Waals surface area contributed by atoms with Crippen LogP contribution in [0.4, 0.5) is 17.6 Å². The largest absolute Gasteiger partial charge is 0.334 e. The van der Waals surface area contributed by atoms with E-state index < -0.39 is 51.6 Å². The van der Waals surface area contributed by atoms with Gasteiger partial charge in [-0.05, 0) is 54.9 Å². The van der Waals surface area contributed by atoms with E-state index in [0.717, 1.165) is 18.4 Å². The summed E-state index contributed by atoms with van der Waals surface area (Å²) in [6, 6.07) is 5.71. The molecule has 2 aliphatic heterocycles. The van der Waals surface area contributed by atoms with Gasteiger partial charge in [0.15, 0.2) is 0 Å². The number of sulfonamides is 1. The van der Waals surface area contributed by atoms with Crippen LogP contribution in [0, 0.1) is 29.3 Å². The molecule has 2 saturated heterocycles. The molecule has 1 N–H and O–H groups in total. The van der Waals surface area contributed by atoms with Crippen molar-refractivity contribution in [2.24, 2.45) is 11.8 Å². The second kappa shape index (κ2) is 8.34. The predicted octanol–water partition coefficient (Wildman–Crippen LogP) is 3.58. The molecular formula is C24H24F4N2O3S. The van der Waals surface area contributed by atoms with Crippen LogP contribution in [0.1, 0.15) is 24.8 Å². The summed E-state index contributed by atoms with van der Waals surface area (Å²) in [6.07, 6.45) is 1.13. The van der Waals surface area contributed by atoms with Crippen LogP contribution in [0.5, 0.6) is 0 Å². The summed E-state index contributed by atoms with van der Waals surface area (Å²) in [7, 11) is -3.63. The van der Waals surface area contributed by atoms with E-state index in [2.05, 4.69) is 4.72 Å². The number of alkyl halides is 1. The van der Waals surface area contributed by atoms with E-state index in [9.17, 15) is 26.4 Å². The zero-order chi connectivity index (χ0) is 24.4. The number of hydrogen-bond donors (Lipinski definition) is 1. The number of piperidine rings is 2. The van der Waals surface area contributed by atoms with Crippen LogP contribution in [0.2, 0.25) is 0 Å². The molecule has 4 fully saturated rings. The van der Waals surface area contributed by atoms with E-state index in [1.807, 2.05) is 0 Å². The van der Waals surface area contributed by atoms with Crippen LogP contribution in [-0.2, 0) is 21.2 Å². The number of fused-ring (bicyclic) bond motifs is 2. The molecule has 0 radical (unpaired) electrons. The highest BCUT2D eigenvalue weighted by atomic mass is 32.2. The number of nitrogens with one attached hydrogen (secondary N) is 1. The Balaban J connectivity index is 1.51. The lowest BCUT2D eigenvalue weighted by atomic mass is 9.66. The third kappa shape index (κ3) is 4.33. The lowest BCUT2D eigenvalue weighted by Gasteiger charge is -2.58. The Morgan fingerprint density at radius 2 is 1.74 bits per heavy atom. The monoisotopic (exact) mass is 496 g/mol. The van der Waals surface area contributed by atoms with Crippen molar-refractivity contribution in [1.29, 1.82) is 0 Å². The van der Waals surface area contributed by atoms with Crippen LogP contribution in [0.25, 0.3) is 11.1 Å². The summed E-state index contributed by atoms with van der Waals surface area (Å²) < 4.78 is 83.5. The lowest BCUT2D eigenvalue weighted by molar-refractivity contribution is -0.151. The molecule has 2 aliphatic carbocycles. The summed E-state index contributed by atoms with van der Waals surface area (Å²) in [5.74, 6) is -3.52. The molecule has 0 spiro atoms. The van der Waals surface area contributed by atoms with E-state index in [4.69, 9.17) is 0 Å². The summed E-state index contributed by atoms with van der Waals surface area (Å²) in [5.41, 5.74) is 0.202. The molecular weight excluding hydrogens is 472 g/mol. The van der Waals surface area contributed by atoms with Crippen LogP contribution in [0.15, 0.2) is 36.4 Å². The molecule has 0 unspecified atom stereocenters. The van der Waals surface area contributed by atoms with Crippen molar-refractivity contribution in [3.63, 3.8) is 0 Å². The zero-order valence-electron chi connectivity index (χ0n) is 18.3. The molecule has 2 saturated carbocycles. The average Bonchev–Trinajstić information content (AvgIpc) is 3.43. The second-order valence-electron chi connectivity index (χ2n) is 9.61. The number of nitrogens with zero attached hydrogens (tertiary/aromatic N) is 1. The van der Waals surface area contributed by atoms with E-state index in [0.29, 0.717) is 18.9 Å². The third-order valence-corrected chi connectivity index (χ3v) is 7.84. The van der Waals surface area contributed by atoms with Gasteiger partial charge < -0.3 is 4.90 Å². The minimum Gasteiger partial charge on any atom is -0.334 e. The highest BCUT2D eigenvalue weighted by molar-refractivity contribution is 7.88. The van der Waals surface area contributed by atoms with Gasteiger partial charge in [-0.15, -0.1) is 0 Å². The van der Waals surface area contributed by atoms with Gasteiger partial charge in [0, 0.05) is 23.7 Å². The number of carbonyl (C=O) groups is 1. The topological polar surface area (TPSA) is 66.5 Å². The van der Waals surface area contributed by atoms with Crippen LogP contribution in [0.3, 0.4) is 0 Å².